The number of benzene rings is 2. The molecule has 1 fully saturated rings. The summed E-state index contributed by atoms with van der Waals surface area (Å²) in [6.07, 6.45) is 1.80. The van der Waals surface area contributed by atoms with Crippen molar-refractivity contribution >= 4 is 28.9 Å². The topological polar surface area (TPSA) is 75.3 Å². The fourth-order valence-electron chi connectivity index (χ4n) is 3.64. The molecule has 0 saturated carbocycles. The van der Waals surface area contributed by atoms with Gasteiger partial charge in [0, 0.05) is 13.1 Å². The lowest BCUT2D eigenvalue weighted by Crippen LogP contribution is -2.42. The van der Waals surface area contributed by atoms with Crippen molar-refractivity contribution < 1.29 is 9.53 Å². The zero-order chi connectivity index (χ0) is 22.7. The zero-order valence-corrected chi connectivity index (χ0v) is 18.8. The number of aryl methyl sites for hydroxylation is 2. The van der Waals surface area contributed by atoms with Crippen molar-refractivity contribution in [2.45, 2.75) is 13.8 Å². The number of ether oxygens (including phenoxy) is 1. The first-order valence-electron chi connectivity index (χ1n) is 10.4. The highest BCUT2D eigenvalue weighted by atomic mass is 32.1. The highest BCUT2D eigenvalue weighted by Gasteiger charge is 2.24. The molecule has 1 aliphatic heterocycles. The number of nitrogens with zero attached hydrogens (tertiary/aromatic N) is 3. The number of morpholine rings is 1. The summed E-state index contributed by atoms with van der Waals surface area (Å²) in [5.41, 5.74) is 3.16. The second-order valence-corrected chi connectivity index (χ2v) is 8.68. The molecule has 0 aliphatic carbocycles. The van der Waals surface area contributed by atoms with Gasteiger partial charge in [-0.1, -0.05) is 42.5 Å². The van der Waals surface area contributed by atoms with Gasteiger partial charge >= 0.3 is 0 Å². The first kappa shape index (κ1) is 21.8. The highest BCUT2D eigenvalue weighted by molar-refractivity contribution is 7.07. The van der Waals surface area contributed by atoms with Crippen molar-refractivity contribution in [2.24, 2.45) is 0 Å². The Morgan fingerprint density at radius 2 is 1.84 bits per heavy atom. The Bertz CT molecular complexity index is 1370. The quantitative estimate of drug-likeness (QED) is 0.617. The monoisotopic (exact) mass is 445 g/mol. The van der Waals surface area contributed by atoms with Crippen LogP contribution < -0.4 is 14.8 Å². The number of hydrogen-bond acceptors (Lipinski definition) is 5. The predicted octanol–water partition coefficient (Wildman–Crippen LogP) is 1.88. The first-order chi connectivity index (χ1) is 15.5. The first-order valence-corrected chi connectivity index (χ1v) is 11.2. The smallest absolute Gasteiger partial charge is 0.273 e. The summed E-state index contributed by atoms with van der Waals surface area (Å²) in [7, 11) is 0. The van der Waals surface area contributed by atoms with E-state index in [9.17, 15) is 14.9 Å². The molecule has 2 aromatic carbocycles. The lowest BCUT2D eigenvalue weighted by molar-refractivity contribution is -0.128. The van der Waals surface area contributed by atoms with E-state index < -0.39 is 0 Å². The Hall–Kier alpha value is -3.47. The van der Waals surface area contributed by atoms with Crippen LogP contribution in [0.4, 0.5) is 0 Å². The van der Waals surface area contributed by atoms with Crippen LogP contribution in [0.1, 0.15) is 16.7 Å². The summed E-state index contributed by atoms with van der Waals surface area (Å²) in [6.45, 7) is 5.58. The second kappa shape index (κ2) is 9.35. The molecule has 0 unspecified atom stereocenters. The molecule has 4 rings (SSSR count). The van der Waals surface area contributed by atoms with Gasteiger partial charge in [-0.3, -0.25) is 14.2 Å². The maximum absolute atomic E-state index is 13.6. The van der Waals surface area contributed by atoms with Crippen molar-refractivity contribution in [1.82, 2.24) is 9.47 Å². The highest BCUT2D eigenvalue weighted by Crippen LogP contribution is 2.14. The van der Waals surface area contributed by atoms with Crippen LogP contribution in [0, 0.1) is 25.2 Å². The maximum Gasteiger partial charge on any atom is 0.273 e. The minimum atomic E-state index is -0.373. The maximum atomic E-state index is 13.6. The number of hydrogen-bond donors (Lipinski definition) is 0. The average Bonchev–Trinajstić information content (AvgIpc) is 3.12. The SMILES string of the molecule is Cc1ccc(C)c(-n2c(=O)/c(=C\c3ccccc3)s/c2=C(/C#N)C(=O)N2CCOCC2)c1. The van der Waals surface area contributed by atoms with Gasteiger partial charge in [0.05, 0.1) is 23.4 Å². The lowest BCUT2D eigenvalue weighted by Gasteiger charge is -2.26. The van der Waals surface area contributed by atoms with Gasteiger partial charge in [0.25, 0.3) is 11.5 Å². The molecule has 0 spiro atoms. The molecule has 1 aliphatic rings. The van der Waals surface area contributed by atoms with Crippen molar-refractivity contribution in [3.8, 4) is 11.8 Å². The lowest BCUT2D eigenvalue weighted by atomic mass is 10.1. The summed E-state index contributed by atoms with van der Waals surface area (Å²) in [4.78, 5) is 28.4. The van der Waals surface area contributed by atoms with Crippen LogP contribution in [-0.4, -0.2) is 41.7 Å². The fraction of sp³-hybridized carbons (Fsp3) is 0.240. The molecule has 6 nitrogen and oxygen atoms in total. The second-order valence-electron chi connectivity index (χ2n) is 7.65. The van der Waals surface area contributed by atoms with Gasteiger partial charge in [-0.2, -0.15) is 5.26 Å². The third-order valence-corrected chi connectivity index (χ3v) is 6.46. The summed E-state index contributed by atoms with van der Waals surface area (Å²) in [5.74, 6) is -0.373. The van der Waals surface area contributed by atoms with E-state index in [4.69, 9.17) is 4.74 Å². The molecule has 0 bridgehead atoms. The van der Waals surface area contributed by atoms with Gasteiger partial charge in [-0.15, -0.1) is 11.3 Å². The van der Waals surface area contributed by atoms with Crippen molar-refractivity contribution in [1.29, 1.82) is 5.26 Å². The van der Waals surface area contributed by atoms with Crippen LogP contribution >= 0.6 is 11.3 Å². The van der Waals surface area contributed by atoms with Crippen LogP contribution in [-0.2, 0) is 9.53 Å². The predicted molar refractivity (Wildman–Crippen MR) is 125 cm³/mol. The van der Waals surface area contributed by atoms with Crippen molar-refractivity contribution in [3.63, 3.8) is 0 Å². The van der Waals surface area contributed by atoms with Gasteiger partial charge in [0.15, 0.2) is 5.57 Å². The Morgan fingerprint density at radius 3 is 2.53 bits per heavy atom. The third kappa shape index (κ3) is 4.28. The van der Waals surface area contributed by atoms with E-state index in [2.05, 4.69) is 6.07 Å². The van der Waals surface area contributed by atoms with E-state index >= 15 is 0 Å². The number of carbonyl (C=O) groups is 1. The largest absolute Gasteiger partial charge is 0.378 e. The fourth-order valence-corrected chi connectivity index (χ4v) is 4.73. The summed E-state index contributed by atoms with van der Waals surface area (Å²) in [5, 5.41) is 9.98. The van der Waals surface area contributed by atoms with E-state index in [1.807, 2.05) is 62.4 Å². The molecule has 0 radical (unpaired) electrons. The zero-order valence-electron chi connectivity index (χ0n) is 18.0. The molecule has 2 heterocycles. The van der Waals surface area contributed by atoms with Crippen LogP contribution in [0.25, 0.3) is 17.3 Å². The molecular formula is C25H23N3O3S. The molecular weight excluding hydrogens is 422 g/mol. The van der Waals surface area contributed by atoms with Crippen LogP contribution in [0.3, 0.4) is 0 Å². The third-order valence-electron chi connectivity index (χ3n) is 5.36. The molecule has 0 atom stereocenters. The van der Waals surface area contributed by atoms with Crippen LogP contribution in [0.5, 0.6) is 0 Å². The summed E-state index contributed by atoms with van der Waals surface area (Å²) in [6, 6.07) is 17.4. The van der Waals surface area contributed by atoms with Crippen LogP contribution in [0.2, 0.25) is 0 Å². The van der Waals surface area contributed by atoms with Crippen LogP contribution in [0.15, 0.2) is 53.3 Å². The molecule has 1 amide bonds. The van der Waals surface area contributed by atoms with Gasteiger partial charge in [0.1, 0.15) is 10.7 Å². The van der Waals surface area contributed by atoms with Gasteiger partial charge in [0.2, 0.25) is 0 Å². The molecule has 32 heavy (non-hydrogen) atoms. The van der Waals surface area contributed by atoms with Gasteiger partial charge in [-0.25, -0.2) is 0 Å². The summed E-state index contributed by atoms with van der Waals surface area (Å²) < 4.78 is 7.67. The number of amides is 1. The molecule has 162 valence electrons. The Labute approximate surface area is 189 Å². The van der Waals surface area contributed by atoms with Crippen molar-refractivity contribution in [2.75, 3.05) is 26.3 Å². The van der Waals surface area contributed by atoms with E-state index in [-0.39, 0.29) is 17.0 Å². The van der Waals surface area contributed by atoms with E-state index in [1.54, 1.807) is 11.0 Å². The minimum absolute atomic E-state index is 0.0254. The molecule has 1 saturated heterocycles. The minimum Gasteiger partial charge on any atom is -0.378 e. The van der Waals surface area contributed by atoms with E-state index in [1.165, 1.54) is 15.9 Å². The molecule has 3 aromatic rings. The number of nitriles is 1. The Kier molecular flexibility index (Phi) is 6.35. The number of aromatic nitrogens is 1. The molecule has 0 N–H and O–H groups in total. The van der Waals surface area contributed by atoms with Gasteiger partial charge < -0.3 is 9.64 Å². The van der Waals surface area contributed by atoms with E-state index in [0.29, 0.717) is 41.2 Å². The molecule has 7 heteroatoms. The Balaban J connectivity index is 2.04. The number of thiazole rings is 1. The Morgan fingerprint density at radius 1 is 1.12 bits per heavy atom. The summed E-state index contributed by atoms with van der Waals surface area (Å²) >= 11 is 1.17. The van der Waals surface area contributed by atoms with E-state index in [0.717, 1.165) is 16.7 Å². The normalized spacial score (nSPS) is 15.4. The van der Waals surface area contributed by atoms with Gasteiger partial charge in [-0.05, 0) is 42.7 Å². The number of carbonyl (C=O) groups excluding carboxylic acids is 1. The van der Waals surface area contributed by atoms with Crippen molar-refractivity contribution in [3.05, 3.63) is 84.8 Å². The number of rotatable bonds is 3. The molecule has 1 aromatic heterocycles. The standard InChI is InChI=1S/C25H23N3O3S/c1-17-8-9-18(2)21(14-17)28-24(30)22(15-19-6-4-3-5-7-19)32-25(28)20(16-26)23(29)27-10-12-31-13-11-27/h3-9,14-15H,10-13H2,1-2H3/b22-15+,25-20-. The average molecular weight is 446 g/mol.